The molecule has 0 atom stereocenters. The molecule has 0 aliphatic carbocycles. The Labute approximate surface area is 164 Å². The lowest BCUT2D eigenvalue weighted by atomic mass is 10.2. The first-order valence-electron chi connectivity index (χ1n) is 10.4. The average Bonchev–Trinajstić information content (AvgIpc) is 3.18. The Morgan fingerprint density at radius 2 is 1.31 bits per heavy atom. The Hall–Kier alpha value is -1.57. The van der Waals surface area contributed by atoms with Gasteiger partial charge in [-0.2, -0.15) is 0 Å². The summed E-state index contributed by atoms with van der Waals surface area (Å²) >= 11 is 0. The number of aryl methyl sites for hydroxylation is 2. The van der Waals surface area contributed by atoms with Gasteiger partial charge in [-0.1, -0.05) is 106 Å². The lowest BCUT2D eigenvalue weighted by Crippen LogP contribution is -1.77. The van der Waals surface area contributed by atoms with Gasteiger partial charge in [-0.25, -0.2) is 4.98 Å². The second-order valence-electron chi connectivity index (χ2n) is 6.80. The van der Waals surface area contributed by atoms with Crippen molar-refractivity contribution >= 4 is 0 Å². The molecular formula is C24H46N2. The number of hydrogen-bond donors (Lipinski definition) is 1. The third-order valence-corrected chi connectivity index (χ3v) is 3.00. The third-order valence-electron chi connectivity index (χ3n) is 3.00. The number of imidazole rings is 1. The Morgan fingerprint density at radius 1 is 0.846 bits per heavy atom. The van der Waals surface area contributed by atoms with E-state index in [1.165, 1.54) is 17.7 Å². The van der Waals surface area contributed by atoms with Crippen molar-refractivity contribution in [2.75, 3.05) is 0 Å². The van der Waals surface area contributed by atoms with Crippen molar-refractivity contribution in [2.45, 2.75) is 88.5 Å². The Morgan fingerprint density at radius 3 is 1.50 bits per heavy atom. The summed E-state index contributed by atoms with van der Waals surface area (Å²) in [5.74, 6) is 1.72. The predicted molar refractivity (Wildman–Crippen MR) is 121 cm³/mol. The van der Waals surface area contributed by atoms with Crippen molar-refractivity contribution in [3.8, 4) is 0 Å². The second-order valence-corrected chi connectivity index (χ2v) is 6.80. The van der Waals surface area contributed by atoms with Gasteiger partial charge in [0, 0.05) is 11.9 Å². The van der Waals surface area contributed by atoms with Gasteiger partial charge in [0.2, 0.25) is 0 Å². The molecule has 1 N–H and O–H groups in total. The van der Waals surface area contributed by atoms with E-state index in [-0.39, 0.29) is 0 Å². The summed E-state index contributed by atoms with van der Waals surface area (Å²) in [6.45, 7) is 21.4. The Kier molecular flexibility index (Phi) is 26.3. The zero-order valence-electron chi connectivity index (χ0n) is 19.3. The smallest absolute Gasteiger partial charge is 0.0921 e. The van der Waals surface area contributed by atoms with E-state index in [4.69, 9.17) is 0 Å². The van der Waals surface area contributed by atoms with Crippen LogP contribution in [-0.2, 0) is 12.8 Å². The van der Waals surface area contributed by atoms with E-state index >= 15 is 0 Å². The minimum Gasteiger partial charge on any atom is -0.349 e. The van der Waals surface area contributed by atoms with Gasteiger partial charge in [0.05, 0.1) is 6.33 Å². The van der Waals surface area contributed by atoms with Crippen LogP contribution in [0.5, 0.6) is 0 Å². The molecule has 0 unspecified atom stereocenters. The van der Waals surface area contributed by atoms with Crippen LogP contribution in [0.1, 0.15) is 86.9 Å². The minimum absolute atomic E-state index is 0.833. The SMILES string of the molecule is CC.CC(C)C.CCC(C)C.CCc1ccccc1.CCc1cnc[nH]1. The number of nitrogens with one attached hydrogen (secondary N) is 1. The molecule has 1 aromatic carbocycles. The van der Waals surface area contributed by atoms with E-state index in [1.807, 2.05) is 26.1 Å². The molecule has 0 amide bonds. The molecule has 0 bridgehead atoms. The fraction of sp³-hybridized carbons (Fsp3) is 0.625. The summed E-state index contributed by atoms with van der Waals surface area (Å²) in [4.78, 5) is 6.81. The van der Waals surface area contributed by atoms with Crippen LogP contribution in [-0.4, -0.2) is 9.97 Å². The number of rotatable bonds is 3. The highest BCUT2D eigenvalue weighted by Gasteiger charge is 1.82. The maximum atomic E-state index is 3.84. The number of nitrogens with zero attached hydrogens (tertiary/aromatic N) is 1. The van der Waals surface area contributed by atoms with Crippen LogP contribution in [0.4, 0.5) is 0 Å². The van der Waals surface area contributed by atoms with Crippen molar-refractivity contribution in [3.63, 3.8) is 0 Å². The molecule has 0 radical (unpaired) electrons. The molecule has 0 aliphatic rings. The van der Waals surface area contributed by atoms with Crippen molar-refractivity contribution in [1.82, 2.24) is 9.97 Å². The summed E-state index contributed by atoms with van der Waals surface area (Å²) in [6, 6.07) is 10.5. The predicted octanol–water partition coefficient (Wildman–Crippen LogP) is 7.96. The standard InChI is InChI=1S/C8H10.C5H8N2.C5H12.C4H10.C2H6/c1-2-8-6-4-3-5-7-8;1-2-5-3-6-4-7-5;1-4-5(2)3;1-4(2)3;1-2/h3-7H,2H2,1H3;3-4H,2H2,1H3,(H,6,7);5H,4H2,1-3H3;4H,1-3H3;1-2H3. The quantitative estimate of drug-likeness (QED) is 0.589. The zero-order chi connectivity index (χ0) is 20.8. The van der Waals surface area contributed by atoms with Crippen LogP contribution in [0.25, 0.3) is 0 Å². The van der Waals surface area contributed by atoms with Crippen LogP contribution < -0.4 is 0 Å². The number of hydrogen-bond acceptors (Lipinski definition) is 1. The highest BCUT2D eigenvalue weighted by molar-refractivity contribution is 5.13. The first-order valence-corrected chi connectivity index (χ1v) is 10.4. The van der Waals surface area contributed by atoms with Crippen LogP contribution >= 0.6 is 0 Å². The van der Waals surface area contributed by atoms with Gasteiger partial charge in [0.25, 0.3) is 0 Å². The van der Waals surface area contributed by atoms with E-state index in [2.05, 4.69) is 89.6 Å². The Balaban J connectivity index is -0.000000272. The zero-order valence-corrected chi connectivity index (χ0v) is 19.3. The first kappa shape index (κ1) is 29.2. The summed E-state index contributed by atoms with van der Waals surface area (Å²) in [6.07, 6.45) is 7.01. The number of aromatic nitrogens is 2. The molecule has 26 heavy (non-hydrogen) atoms. The van der Waals surface area contributed by atoms with Crippen molar-refractivity contribution < 1.29 is 0 Å². The van der Waals surface area contributed by atoms with E-state index < -0.39 is 0 Å². The largest absolute Gasteiger partial charge is 0.349 e. The monoisotopic (exact) mass is 362 g/mol. The van der Waals surface area contributed by atoms with Crippen molar-refractivity contribution in [2.24, 2.45) is 11.8 Å². The molecule has 1 aromatic heterocycles. The van der Waals surface area contributed by atoms with Crippen molar-refractivity contribution in [1.29, 1.82) is 0 Å². The second kappa shape index (κ2) is 23.4. The molecule has 152 valence electrons. The summed E-state index contributed by atoms with van der Waals surface area (Å²) in [5, 5.41) is 0. The van der Waals surface area contributed by atoms with Gasteiger partial charge in [-0.3, -0.25) is 0 Å². The summed E-state index contributed by atoms with van der Waals surface area (Å²) in [5.41, 5.74) is 2.60. The molecule has 0 aliphatic heterocycles. The van der Waals surface area contributed by atoms with E-state index in [1.54, 1.807) is 6.33 Å². The molecule has 2 heteroatoms. The van der Waals surface area contributed by atoms with Crippen LogP contribution in [0.15, 0.2) is 42.9 Å². The minimum atomic E-state index is 0.833. The molecule has 2 aromatic rings. The van der Waals surface area contributed by atoms with Gasteiger partial charge in [0.1, 0.15) is 0 Å². The average molecular weight is 363 g/mol. The molecular weight excluding hydrogens is 316 g/mol. The first-order chi connectivity index (χ1) is 12.4. The third kappa shape index (κ3) is 27.3. The van der Waals surface area contributed by atoms with Gasteiger partial charge in [-0.15, -0.1) is 0 Å². The normalized spacial score (nSPS) is 8.77. The van der Waals surface area contributed by atoms with E-state index in [9.17, 15) is 0 Å². The maximum absolute atomic E-state index is 3.84. The van der Waals surface area contributed by atoms with Crippen LogP contribution in [0, 0.1) is 11.8 Å². The lowest BCUT2D eigenvalue weighted by molar-refractivity contribution is 0.626. The van der Waals surface area contributed by atoms with Gasteiger partial charge in [0.15, 0.2) is 0 Å². The van der Waals surface area contributed by atoms with E-state index in [0.29, 0.717) is 0 Å². The molecule has 0 saturated carbocycles. The molecule has 1 heterocycles. The lowest BCUT2D eigenvalue weighted by Gasteiger charge is -1.90. The molecule has 2 nitrogen and oxygen atoms in total. The number of H-pyrrole nitrogens is 1. The van der Waals surface area contributed by atoms with Gasteiger partial charge >= 0.3 is 0 Å². The molecule has 2 rings (SSSR count). The molecule has 0 saturated heterocycles. The number of aromatic amines is 1. The van der Waals surface area contributed by atoms with Crippen molar-refractivity contribution in [3.05, 3.63) is 54.1 Å². The number of benzene rings is 1. The topological polar surface area (TPSA) is 28.7 Å². The fourth-order valence-corrected chi connectivity index (χ4v) is 1.19. The van der Waals surface area contributed by atoms with Crippen LogP contribution in [0.2, 0.25) is 0 Å². The molecule has 0 spiro atoms. The van der Waals surface area contributed by atoms with Gasteiger partial charge < -0.3 is 4.98 Å². The highest BCUT2D eigenvalue weighted by atomic mass is 14.8. The summed E-state index contributed by atoms with van der Waals surface area (Å²) in [7, 11) is 0. The fourth-order valence-electron chi connectivity index (χ4n) is 1.19. The molecule has 0 fully saturated rings. The van der Waals surface area contributed by atoms with Gasteiger partial charge in [-0.05, 0) is 30.2 Å². The van der Waals surface area contributed by atoms with E-state index in [0.717, 1.165) is 24.7 Å². The maximum Gasteiger partial charge on any atom is 0.0921 e. The Bertz CT molecular complexity index is 428. The van der Waals surface area contributed by atoms with Crippen LogP contribution in [0.3, 0.4) is 0 Å². The highest BCUT2D eigenvalue weighted by Crippen LogP contribution is 1.97. The summed E-state index contributed by atoms with van der Waals surface area (Å²) < 4.78 is 0.